The summed E-state index contributed by atoms with van der Waals surface area (Å²) < 4.78 is 9.74. The fourth-order valence-electron chi connectivity index (χ4n) is 2.54. The smallest absolute Gasteiger partial charge is 0.387 e. The van der Waals surface area contributed by atoms with Gasteiger partial charge in [-0.3, -0.25) is 0 Å². The second-order valence-electron chi connectivity index (χ2n) is 6.14. The molecule has 0 amide bonds. The monoisotopic (exact) mass is 466 g/mol. The van der Waals surface area contributed by atoms with Crippen LogP contribution in [-0.4, -0.2) is 116 Å². The van der Waals surface area contributed by atoms with Gasteiger partial charge in [0.2, 0.25) is 0 Å². The number of aliphatic hydroxyl groups excluding tert-OH is 4. The summed E-state index contributed by atoms with van der Waals surface area (Å²) in [5.74, 6) is 0. The molecule has 18 heteroatoms. The summed E-state index contributed by atoms with van der Waals surface area (Å²) >= 11 is 0. The second kappa shape index (κ2) is 8.74. The Morgan fingerprint density at radius 1 is 0.759 bits per heavy atom. The molecule has 11 N–H and O–H groups in total. The lowest BCUT2D eigenvalue weighted by atomic mass is 10.1. The molecule has 0 spiro atoms. The van der Waals surface area contributed by atoms with Crippen molar-refractivity contribution >= 4 is 33.3 Å². The third kappa shape index (κ3) is 5.28. The molecular formula is C11H20N2O14P2+2. The second-order valence-corrected chi connectivity index (χ2v) is 9.30. The number of nitrogens with zero attached hydrogens (tertiary/aromatic N) is 1. The summed E-state index contributed by atoms with van der Waals surface area (Å²) in [6, 6.07) is 0. The first-order valence-corrected chi connectivity index (χ1v) is 11.0. The van der Waals surface area contributed by atoms with Gasteiger partial charge >= 0.3 is 26.9 Å². The van der Waals surface area contributed by atoms with Crippen LogP contribution in [0.25, 0.3) is 0 Å². The number of nitrogens with one attached hydrogen (secondary N) is 1. The maximum absolute atomic E-state index is 11.6. The Balaban J connectivity index is 1.99. The van der Waals surface area contributed by atoms with Crippen LogP contribution in [-0.2, 0) is 19.1 Å². The van der Waals surface area contributed by atoms with E-state index in [0.717, 1.165) is 6.34 Å². The lowest BCUT2D eigenvalue weighted by Crippen LogP contribution is -2.41. The van der Waals surface area contributed by atoms with E-state index < -0.39 is 76.0 Å². The first kappa shape index (κ1) is 24.5. The Hall–Kier alpha value is -0.810. The topological polar surface area (TPSA) is 279 Å². The lowest BCUT2D eigenvalue weighted by molar-refractivity contribution is -0.128. The summed E-state index contributed by atoms with van der Waals surface area (Å²) in [6.07, 6.45) is -13.9. The van der Waals surface area contributed by atoms with Crippen LogP contribution < -0.4 is 5.32 Å². The van der Waals surface area contributed by atoms with Crippen LogP contribution in [0.2, 0.25) is 0 Å². The van der Waals surface area contributed by atoms with Crippen LogP contribution in [0.3, 0.4) is 0 Å². The zero-order valence-electron chi connectivity index (χ0n) is 14.1. The van der Waals surface area contributed by atoms with E-state index >= 15 is 0 Å². The third-order valence-electron chi connectivity index (χ3n) is 4.04. The standard InChI is InChI=1S/C11H20N2O14P2/c14-2-4(16)8(26-6(2)10(18)28(20,21)22)12-1-13-9-5(17)3(15)7(27-9)11(19)29(23,24)25/h1-9,14-17,20-25H,(H,12,13)/q+2/t2-,3-,4+,5+,6-,7-,8?,9?/m0/s1. The van der Waals surface area contributed by atoms with Gasteiger partial charge in [-0.05, 0) is 0 Å². The molecule has 0 aromatic rings. The molecule has 2 unspecified atom stereocenters. The molecule has 2 aliphatic rings. The number of hydrogen-bond donors (Lipinski definition) is 11. The molecular weight excluding hydrogens is 446 g/mol. The van der Waals surface area contributed by atoms with Crippen LogP contribution in [0, 0.1) is 0 Å². The SMILES string of the molecule is O=C([C@H]1OC(N=CNC2O[C@H](C(=O)[P+](O)(O)O)[C@@H](O)[C@H]2O)[C@H](O)[C@@H]1O)[P+](O)(O)O. The Labute approximate surface area is 162 Å². The summed E-state index contributed by atoms with van der Waals surface area (Å²) in [5, 5.41) is 41.3. The minimum absolute atomic E-state index is 0.722. The third-order valence-corrected chi connectivity index (χ3v) is 5.73. The summed E-state index contributed by atoms with van der Waals surface area (Å²) in [4.78, 5) is 80.4. The van der Waals surface area contributed by atoms with Crippen molar-refractivity contribution in [3.63, 3.8) is 0 Å². The number of carbonyl (C=O) groups excluding carboxylic acids is 2. The molecule has 2 aliphatic heterocycles. The first-order valence-electron chi connectivity index (χ1n) is 7.70. The van der Waals surface area contributed by atoms with Gasteiger partial charge in [0.05, 0.1) is 6.34 Å². The number of hydrogen-bond acceptors (Lipinski definition) is 15. The van der Waals surface area contributed by atoms with Crippen LogP contribution in [0.4, 0.5) is 0 Å². The van der Waals surface area contributed by atoms with E-state index in [1.54, 1.807) is 0 Å². The molecule has 0 saturated carbocycles. The van der Waals surface area contributed by atoms with Crippen LogP contribution in [0.1, 0.15) is 0 Å². The van der Waals surface area contributed by atoms with Crippen molar-refractivity contribution in [1.82, 2.24) is 5.32 Å². The van der Waals surface area contributed by atoms with E-state index in [1.807, 2.05) is 0 Å². The van der Waals surface area contributed by atoms with Crippen molar-refractivity contribution in [3.05, 3.63) is 0 Å². The fourth-order valence-corrected chi connectivity index (χ4v) is 3.65. The van der Waals surface area contributed by atoms with Crippen molar-refractivity contribution in [2.24, 2.45) is 4.99 Å². The van der Waals surface area contributed by atoms with Gasteiger partial charge in [0.25, 0.3) is 0 Å². The van der Waals surface area contributed by atoms with E-state index in [0.29, 0.717) is 0 Å². The van der Waals surface area contributed by atoms with E-state index in [2.05, 4.69) is 10.3 Å². The number of aliphatic imine (C=N–C) groups is 1. The maximum Gasteiger partial charge on any atom is 0.481 e. The van der Waals surface area contributed by atoms with Gasteiger partial charge in [0.1, 0.15) is 24.4 Å². The highest BCUT2D eigenvalue weighted by Gasteiger charge is 2.59. The van der Waals surface area contributed by atoms with E-state index in [4.69, 9.17) is 38.8 Å². The molecule has 2 heterocycles. The van der Waals surface area contributed by atoms with Gasteiger partial charge in [-0.1, -0.05) is 0 Å². The summed E-state index contributed by atoms with van der Waals surface area (Å²) in [5.41, 5.74) is -3.30. The van der Waals surface area contributed by atoms with Crippen LogP contribution in [0.5, 0.6) is 0 Å². The lowest BCUT2D eigenvalue weighted by Gasteiger charge is -2.15. The average Bonchev–Trinajstić information content (AvgIpc) is 3.04. The van der Waals surface area contributed by atoms with Gasteiger partial charge in [-0.25, -0.2) is 14.6 Å². The number of aliphatic hydroxyl groups is 4. The predicted molar refractivity (Wildman–Crippen MR) is 90.1 cm³/mol. The van der Waals surface area contributed by atoms with Crippen molar-refractivity contribution in [2.75, 3.05) is 0 Å². The molecule has 16 nitrogen and oxygen atoms in total. The minimum atomic E-state index is -5.01. The molecule has 2 saturated heterocycles. The molecule has 8 atom stereocenters. The van der Waals surface area contributed by atoms with E-state index in [-0.39, 0.29) is 0 Å². The van der Waals surface area contributed by atoms with Crippen LogP contribution >= 0.6 is 15.9 Å². The predicted octanol–water partition coefficient (Wildman–Crippen LogP) is -5.97. The Morgan fingerprint density at radius 2 is 1.21 bits per heavy atom. The Bertz CT molecular complexity index is 665. The molecule has 2 fully saturated rings. The minimum Gasteiger partial charge on any atom is -0.387 e. The highest BCUT2D eigenvalue weighted by Crippen LogP contribution is 2.49. The maximum atomic E-state index is 11.6. The van der Waals surface area contributed by atoms with Gasteiger partial charge in [0.15, 0.2) is 24.7 Å². The molecule has 166 valence electrons. The van der Waals surface area contributed by atoms with Gasteiger partial charge in [0, 0.05) is 0 Å². The molecule has 0 aromatic carbocycles. The molecule has 2 rings (SSSR count). The number of rotatable bonds is 7. The largest absolute Gasteiger partial charge is 0.481 e. The molecule has 29 heavy (non-hydrogen) atoms. The first-order chi connectivity index (χ1) is 13.2. The van der Waals surface area contributed by atoms with E-state index in [1.165, 1.54) is 0 Å². The highest BCUT2D eigenvalue weighted by atomic mass is 31.2. The number of carbonyl (C=O) groups is 2. The zero-order valence-corrected chi connectivity index (χ0v) is 15.9. The molecule has 0 aliphatic carbocycles. The number of ether oxygens (including phenoxy) is 2. The molecule has 0 bridgehead atoms. The average molecular weight is 466 g/mol. The normalized spacial score (nSPS) is 38.6. The Kier molecular flexibility index (Phi) is 7.37. The fraction of sp³-hybridized carbons (Fsp3) is 0.727. The van der Waals surface area contributed by atoms with Crippen molar-refractivity contribution in [3.8, 4) is 0 Å². The van der Waals surface area contributed by atoms with Gasteiger partial charge in [-0.15, -0.1) is 0 Å². The zero-order chi connectivity index (χ0) is 22.3. The quantitative estimate of drug-likeness (QED) is 0.0946. The molecule has 0 aromatic heterocycles. The van der Waals surface area contributed by atoms with Crippen LogP contribution in [0.15, 0.2) is 4.99 Å². The summed E-state index contributed by atoms with van der Waals surface area (Å²) in [7, 11) is -10.0. The van der Waals surface area contributed by atoms with E-state index in [9.17, 15) is 30.0 Å². The molecule has 0 radical (unpaired) electrons. The van der Waals surface area contributed by atoms with Crippen molar-refractivity contribution in [2.45, 2.75) is 49.1 Å². The van der Waals surface area contributed by atoms with Gasteiger partial charge < -0.3 is 35.2 Å². The Morgan fingerprint density at radius 3 is 1.69 bits per heavy atom. The van der Waals surface area contributed by atoms with Gasteiger partial charge in [-0.2, -0.15) is 29.4 Å². The van der Waals surface area contributed by atoms with Crippen molar-refractivity contribution < 1.29 is 68.8 Å². The highest BCUT2D eigenvalue weighted by molar-refractivity contribution is 7.76. The summed E-state index contributed by atoms with van der Waals surface area (Å²) in [6.45, 7) is 0. The van der Waals surface area contributed by atoms with Crippen molar-refractivity contribution in [1.29, 1.82) is 0 Å².